The maximum atomic E-state index is 12.1. The molecule has 51 heavy (non-hydrogen) atoms. The number of phenols is 8. The van der Waals surface area contributed by atoms with Crippen LogP contribution < -0.4 is 4.74 Å². The van der Waals surface area contributed by atoms with Crippen molar-refractivity contribution in [1.82, 2.24) is 0 Å². The highest BCUT2D eigenvalue weighted by molar-refractivity contribution is 5.72. The Morgan fingerprint density at radius 3 is 1.47 bits per heavy atom. The number of benzene rings is 6. The van der Waals surface area contributed by atoms with E-state index in [1.54, 1.807) is 84.9 Å². The molecule has 8 N–H and O–H groups in total. The van der Waals surface area contributed by atoms with Crippen molar-refractivity contribution in [3.05, 3.63) is 159 Å². The smallest absolute Gasteiger partial charge is 0.135 e. The van der Waals surface area contributed by atoms with Crippen molar-refractivity contribution < 1.29 is 45.6 Å². The third kappa shape index (κ3) is 4.61. The minimum atomic E-state index is -0.693. The Labute approximate surface area is 291 Å². The Bertz CT molecular complexity index is 2330. The largest absolute Gasteiger partial charge is 0.508 e. The molecule has 0 amide bonds. The predicted molar refractivity (Wildman–Crippen MR) is 186 cm³/mol. The van der Waals surface area contributed by atoms with Gasteiger partial charge in [-0.25, -0.2) is 0 Å². The summed E-state index contributed by atoms with van der Waals surface area (Å²) in [5.41, 5.74) is 6.00. The third-order valence-corrected chi connectivity index (χ3v) is 10.9. The van der Waals surface area contributed by atoms with Crippen LogP contribution in [0.4, 0.5) is 0 Å². The molecule has 0 saturated carbocycles. The normalized spacial score (nSPS) is 22.5. The first-order chi connectivity index (χ1) is 24.6. The molecule has 0 saturated heterocycles. The summed E-state index contributed by atoms with van der Waals surface area (Å²) in [6.07, 6.45) is -0.693. The summed E-state index contributed by atoms with van der Waals surface area (Å²) in [6.45, 7) is 0. The van der Waals surface area contributed by atoms with Crippen LogP contribution in [0.5, 0.6) is 51.7 Å². The van der Waals surface area contributed by atoms with E-state index in [1.165, 1.54) is 12.1 Å². The molecule has 6 atom stereocenters. The zero-order valence-corrected chi connectivity index (χ0v) is 26.8. The van der Waals surface area contributed by atoms with Crippen LogP contribution in [-0.2, 0) is 0 Å². The van der Waals surface area contributed by atoms with Gasteiger partial charge in [-0.05, 0) is 88.0 Å². The molecule has 0 radical (unpaired) electrons. The molecule has 6 aromatic carbocycles. The fraction of sp³-hybridized carbons (Fsp3) is 0.143. The average Bonchev–Trinajstić information content (AvgIpc) is 3.60. The number of fused-ring (bicyclic) bond motifs is 2. The minimum Gasteiger partial charge on any atom is -0.508 e. The van der Waals surface area contributed by atoms with Crippen molar-refractivity contribution in [2.24, 2.45) is 0 Å². The average molecular weight is 681 g/mol. The summed E-state index contributed by atoms with van der Waals surface area (Å²) in [5.74, 6) is -3.02. The van der Waals surface area contributed by atoms with Crippen molar-refractivity contribution in [3.8, 4) is 51.7 Å². The number of ether oxygens (including phenoxy) is 1. The second-order valence-electron chi connectivity index (χ2n) is 13.7. The molecule has 6 aromatic rings. The quantitative estimate of drug-likeness (QED) is 0.0927. The van der Waals surface area contributed by atoms with Crippen LogP contribution in [0.25, 0.3) is 0 Å². The van der Waals surface area contributed by atoms with Gasteiger partial charge < -0.3 is 45.6 Å². The van der Waals surface area contributed by atoms with Crippen LogP contribution in [-0.4, -0.2) is 40.9 Å². The summed E-state index contributed by atoms with van der Waals surface area (Å²) in [6, 6.07) is 29.1. The van der Waals surface area contributed by atoms with E-state index in [0.29, 0.717) is 28.0 Å². The van der Waals surface area contributed by atoms with Gasteiger partial charge in [0.1, 0.15) is 57.8 Å². The van der Waals surface area contributed by atoms with Gasteiger partial charge in [0.05, 0.1) is 5.92 Å². The first-order valence-corrected chi connectivity index (χ1v) is 16.6. The lowest BCUT2D eigenvalue weighted by molar-refractivity contribution is 0.221. The van der Waals surface area contributed by atoms with Gasteiger partial charge in [0.25, 0.3) is 0 Å². The summed E-state index contributed by atoms with van der Waals surface area (Å²) in [5, 5.41) is 87.5. The first kappa shape index (κ1) is 30.6. The molecule has 9 nitrogen and oxygen atoms in total. The monoisotopic (exact) mass is 680 g/mol. The zero-order valence-electron chi connectivity index (χ0n) is 26.8. The Balaban J connectivity index is 1.44. The van der Waals surface area contributed by atoms with Crippen molar-refractivity contribution in [2.45, 2.75) is 35.7 Å². The fourth-order valence-corrected chi connectivity index (χ4v) is 9.08. The van der Waals surface area contributed by atoms with E-state index >= 15 is 0 Å². The Kier molecular flexibility index (Phi) is 6.60. The van der Waals surface area contributed by atoms with E-state index in [9.17, 15) is 40.9 Å². The summed E-state index contributed by atoms with van der Waals surface area (Å²) in [4.78, 5) is 0. The molecular formula is C42H32O9. The molecule has 0 spiro atoms. The van der Waals surface area contributed by atoms with Gasteiger partial charge in [-0.15, -0.1) is 0 Å². The first-order valence-electron chi connectivity index (χ1n) is 16.6. The molecule has 0 bridgehead atoms. The van der Waals surface area contributed by atoms with E-state index in [0.717, 1.165) is 27.8 Å². The third-order valence-electron chi connectivity index (χ3n) is 10.9. The minimum absolute atomic E-state index is 0.0537. The standard InChI is InChI=1S/C42H32O9/c43-23-7-1-19(2-8-23)33-35(22-13-26(46)15-27(47)14-22)38-31(50)18-32-39-37(42(51-32)21-5-11-25(45)12-6-21)29-16-28(48)17-30(49)36(29)34(40(33)41(38)39)20-3-9-24(44)10-4-20/h1-18,33-35,37,40,42-50H/t33-,34-,35-,37+,40+,42-/m1/s1. The second kappa shape index (κ2) is 11.0. The molecule has 0 fully saturated rings. The van der Waals surface area contributed by atoms with Gasteiger partial charge in [-0.3, -0.25) is 0 Å². The zero-order chi connectivity index (χ0) is 35.3. The molecule has 9 heteroatoms. The molecule has 9 rings (SSSR count). The SMILES string of the molecule is Oc1ccc([C@@H]2c3c(O)cc(O)cc3[C@H]3c4c(cc(O)c5c4[C@H]2[C@H](c2ccc(O)cc2)[C@H]5c2cc(O)cc(O)c2)O[C@@H]3c2ccc(O)cc2)cc1. The van der Waals surface area contributed by atoms with Crippen LogP contribution in [0.3, 0.4) is 0 Å². The Hall–Kier alpha value is -6.48. The van der Waals surface area contributed by atoms with Crippen LogP contribution >= 0.6 is 0 Å². The highest BCUT2D eigenvalue weighted by Crippen LogP contribution is 2.70. The van der Waals surface area contributed by atoms with Crippen LogP contribution in [0.15, 0.2) is 109 Å². The molecule has 1 heterocycles. The molecule has 1 aliphatic heterocycles. The van der Waals surface area contributed by atoms with Crippen molar-refractivity contribution in [2.75, 3.05) is 0 Å². The lowest BCUT2D eigenvalue weighted by atomic mass is 9.69. The molecular weight excluding hydrogens is 648 g/mol. The number of hydrogen-bond donors (Lipinski definition) is 8. The number of rotatable bonds is 4. The molecule has 0 aromatic heterocycles. The summed E-state index contributed by atoms with van der Waals surface area (Å²) >= 11 is 0. The molecule has 0 unspecified atom stereocenters. The summed E-state index contributed by atoms with van der Waals surface area (Å²) in [7, 11) is 0. The van der Waals surface area contributed by atoms with Crippen LogP contribution in [0, 0.1) is 0 Å². The molecule has 3 aliphatic rings. The van der Waals surface area contributed by atoms with Gasteiger partial charge in [-0.1, -0.05) is 36.4 Å². The van der Waals surface area contributed by atoms with Gasteiger partial charge in [0, 0.05) is 58.6 Å². The van der Waals surface area contributed by atoms with Gasteiger partial charge in [0.2, 0.25) is 0 Å². The van der Waals surface area contributed by atoms with Crippen molar-refractivity contribution in [1.29, 1.82) is 0 Å². The van der Waals surface area contributed by atoms with Crippen LogP contribution in [0.1, 0.15) is 85.8 Å². The molecule has 2 aliphatic carbocycles. The number of hydrogen-bond acceptors (Lipinski definition) is 9. The van der Waals surface area contributed by atoms with Gasteiger partial charge >= 0.3 is 0 Å². The van der Waals surface area contributed by atoms with Crippen LogP contribution in [0.2, 0.25) is 0 Å². The lowest BCUT2D eigenvalue weighted by Crippen LogP contribution is -2.20. The predicted octanol–water partition coefficient (Wildman–Crippen LogP) is 7.76. The van der Waals surface area contributed by atoms with Gasteiger partial charge in [-0.2, -0.15) is 0 Å². The second-order valence-corrected chi connectivity index (χ2v) is 13.7. The summed E-state index contributed by atoms with van der Waals surface area (Å²) < 4.78 is 6.70. The number of phenolic OH excluding ortho intramolecular Hbond substituents is 8. The lowest BCUT2D eigenvalue weighted by Gasteiger charge is -2.34. The Morgan fingerprint density at radius 2 is 0.863 bits per heavy atom. The van der Waals surface area contributed by atoms with E-state index in [-0.39, 0.29) is 46.0 Å². The van der Waals surface area contributed by atoms with Crippen molar-refractivity contribution in [3.63, 3.8) is 0 Å². The maximum Gasteiger partial charge on any atom is 0.135 e. The number of aromatic hydroxyl groups is 8. The maximum absolute atomic E-state index is 12.1. The highest BCUT2D eigenvalue weighted by atomic mass is 16.5. The van der Waals surface area contributed by atoms with E-state index in [1.807, 2.05) is 12.1 Å². The van der Waals surface area contributed by atoms with E-state index < -0.39 is 35.7 Å². The van der Waals surface area contributed by atoms with E-state index in [4.69, 9.17) is 4.74 Å². The topological polar surface area (TPSA) is 171 Å². The Morgan fingerprint density at radius 1 is 0.353 bits per heavy atom. The highest BCUT2D eigenvalue weighted by Gasteiger charge is 2.56. The fourth-order valence-electron chi connectivity index (χ4n) is 9.08. The molecule has 254 valence electrons. The van der Waals surface area contributed by atoms with Gasteiger partial charge in [0.15, 0.2) is 0 Å². The van der Waals surface area contributed by atoms with Crippen molar-refractivity contribution >= 4 is 0 Å². The van der Waals surface area contributed by atoms with E-state index in [2.05, 4.69) is 0 Å².